The lowest BCUT2D eigenvalue weighted by molar-refractivity contribution is 0.490. The molecular weight excluding hydrogens is 502 g/mol. The van der Waals surface area contributed by atoms with Gasteiger partial charge >= 0.3 is 0 Å². The molecule has 33 heavy (non-hydrogen) atoms. The number of halogens is 4. The number of benzene rings is 2. The van der Waals surface area contributed by atoms with Crippen LogP contribution in [0, 0.1) is 5.92 Å². The van der Waals surface area contributed by atoms with Gasteiger partial charge in [0.15, 0.2) is 5.65 Å². The molecule has 3 heterocycles. The van der Waals surface area contributed by atoms with Gasteiger partial charge in [-0.25, -0.2) is 9.97 Å². The highest BCUT2D eigenvalue weighted by Crippen LogP contribution is 2.36. The van der Waals surface area contributed by atoms with E-state index in [4.69, 9.17) is 56.4 Å². The smallest absolute Gasteiger partial charge is 0.225 e. The summed E-state index contributed by atoms with van der Waals surface area (Å²) in [5, 5.41) is 8.82. The average molecular weight is 522 g/mol. The largest absolute Gasteiger partial charge is 0.350 e. The number of fused-ring (bicyclic) bond motifs is 1. The van der Waals surface area contributed by atoms with E-state index in [1.807, 2.05) is 30.3 Å². The summed E-state index contributed by atoms with van der Waals surface area (Å²) in [5.41, 5.74) is 3.10. The first-order valence-corrected chi connectivity index (χ1v) is 12.1. The highest BCUT2D eigenvalue weighted by molar-refractivity contribution is 6.42. The van der Waals surface area contributed by atoms with Gasteiger partial charge in [0.1, 0.15) is 11.3 Å². The van der Waals surface area contributed by atoms with Crippen LogP contribution in [-0.2, 0) is 13.1 Å². The van der Waals surface area contributed by atoms with E-state index in [-0.39, 0.29) is 0 Å². The molecule has 10 heteroatoms. The van der Waals surface area contributed by atoms with Crippen LogP contribution in [0.1, 0.15) is 12.0 Å². The average Bonchev–Trinajstić information content (AvgIpc) is 3.43. The van der Waals surface area contributed by atoms with Crippen LogP contribution in [0.15, 0.2) is 42.6 Å². The maximum Gasteiger partial charge on any atom is 0.225 e. The number of hydrogen-bond acceptors (Lipinski definition) is 5. The molecule has 0 spiro atoms. The van der Waals surface area contributed by atoms with Gasteiger partial charge in [-0.3, -0.25) is 0 Å². The summed E-state index contributed by atoms with van der Waals surface area (Å²) in [4.78, 5) is 14.1. The highest BCUT2D eigenvalue weighted by atomic mass is 35.5. The second kappa shape index (κ2) is 9.65. The van der Waals surface area contributed by atoms with E-state index < -0.39 is 0 Å². The Balaban J connectivity index is 1.53. The number of nitrogens with zero attached hydrogens (tertiary/aromatic N) is 4. The van der Waals surface area contributed by atoms with Crippen molar-refractivity contribution in [2.75, 3.05) is 18.4 Å². The monoisotopic (exact) mass is 520 g/mol. The van der Waals surface area contributed by atoms with E-state index in [2.05, 4.69) is 20.2 Å². The van der Waals surface area contributed by atoms with Crippen LogP contribution < -0.4 is 10.6 Å². The Hall–Kier alpha value is -2.09. The molecule has 4 aromatic rings. The van der Waals surface area contributed by atoms with Crippen molar-refractivity contribution in [3.63, 3.8) is 0 Å². The quantitative estimate of drug-likeness (QED) is 0.310. The van der Waals surface area contributed by atoms with Gasteiger partial charge < -0.3 is 15.2 Å². The third-order valence-corrected chi connectivity index (χ3v) is 7.08. The Morgan fingerprint density at radius 1 is 1.00 bits per heavy atom. The zero-order chi connectivity index (χ0) is 22.9. The van der Waals surface area contributed by atoms with Crippen molar-refractivity contribution >= 4 is 63.5 Å². The SMILES string of the molecule is Clc1ccc(CNc2ncc3nc(-c4c(Cl)cccc4Cl)n(CC4CCNC4)c3n2)cc1Cl. The summed E-state index contributed by atoms with van der Waals surface area (Å²) in [6.07, 6.45) is 2.81. The van der Waals surface area contributed by atoms with Crippen molar-refractivity contribution in [3.8, 4) is 11.4 Å². The van der Waals surface area contributed by atoms with Crippen LogP contribution in [0.3, 0.4) is 0 Å². The fourth-order valence-corrected chi connectivity index (χ4v) is 4.93. The van der Waals surface area contributed by atoms with Crippen LogP contribution in [0.25, 0.3) is 22.6 Å². The standard InChI is InChI=1S/C23H20Cl4N6/c24-15-5-4-13(8-18(15)27)10-29-23-30-11-19-21(32-23)33(12-14-6-7-28-9-14)22(31-19)20-16(25)2-1-3-17(20)26/h1-5,8,11,14,28H,6-7,9-10,12H2,(H,29,30,32). The number of nitrogens with one attached hydrogen (secondary N) is 2. The van der Waals surface area contributed by atoms with Crippen molar-refractivity contribution in [3.05, 3.63) is 68.2 Å². The number of imidazole rings is 1. The minimum atomic E-state index is 0.463. The number of anilines is 1. The van der Waals surface area contributed by atoms with Crippen LogP contribution >= 0.6 is 46.4 Å². The van der Waals surface area contributed by atoms with E-state index in [1.54, 1.807) is 12.3 Å². The molecule has 6 nitrogen and oxygen atoms in total. The summed E-state index contributed by atoms with van der Waals surface area (Å²) in [6, 6.07) is 11.0. The zero-order valence-electron chi connectivity index (χ0n) is 17.5. The first-order valence-electron chi connectivity index (χ1n) is 10.6. The van der Waals surface area contributed by atoms with Crippen LogP contribution in [0.5, 0.6) is 0 Å². The van der Waals surface area contributed by atoms with Gasteiger partial charge in [0.05, 0.1) is 31.9 Å². The molecule has 0 bridgehead atoms. The molecule has 1 aliphatic heterocycles. The first kappa shape index (κ1) is 22.7. The molecule has 170 valence electrons. The molecule has 1 saturated heterocycles. The number of aromatic nitrogens is 4. The van der Waals surface area contributed by atoms with Gasteiger partial charge in [-0.2, -0.15) is 4.98 Å². The fourth-order valence-electron chi connectivity index (χ4n) is 4.04. The van der Waals surface area contributed by atoms with Gasteiger partial charge in [-0.05, 0) is 55.3 Å². The lowest BCUT2D eigenvalue weighted by atomic mass is 10.1. The van der Waals surface area contributed by atoms with Gasteiger partial charge in [0.2, 0.25) is 5.95 Å². The Kier molecular flexibility index (Phi) is 6.63. The lowest BCUT2D eigenvalue weighted by Gasteiger charge is -2.15. The van der Waals surface area contributed by atoms with Gasteiger partial charge in [-0.15, -0.1) is 0 Å². The minimum absolute atomic E-state index is 0.463. The van der Waals surface area contributed by atoms with Crippen molar-refractivity contribution in [2.24, 2.45) is 5.92 Å². The summed E-state index contributed by atoms with van der Waals surface area (Å²) in [6.45, 7) is 3.21. The molecule has 2 N–H and O–H groups in total. The molecule has 0 aliphatic carbocycles. The Morgan fingerprint density at radius 3 is 2.55 bits per heavy atom. The Morgan fingerprint density at radius 2 is 1.82 bits per heavy atom. The molecule has 0 radical (unpaired) electrons. The third-order valence-electron chi connectivity index (χ3n) is 5.71. The van der Waals surface area contributed by atoms with Gasteiger partial charge in [0.25, 0.3) is 0 Å². The molecule has 2 aromatic carbocycles. The van der Waals surface area contributed by atoms with Crippen molar-refractivity contribution < 1.29 is 0 Å². The molecule has 1 fully saturated rings. The summed E-state index contributed by atoms with van der Waals surface area (Å²) in [5.74, 6) is 1.66. The molecule has 1 unspecified atom stereocenters. The third kappa shape index (κ3) is 4.77. The van der Waals surface area contributed by atoms with Crippen LogP contribution in [0.4, 0.5) is 5.95 Å². The molecular formula is C23H20Cl4N6. The Labute approximate surface area is 211 Å². The van der Waals surface area contributed by atoms with Crippen LogP contribution in [-0.4, -0.2) is 32.6 Å². The molecule has 0 saturated carbocycles. The predicted octanol–water partition coefficient (Wildman–Crippen LogP) is 6.33. The molecule has 1 aliphatic rings. The maximum absolute atomic E-state index is 6.53. The topological polar surface area (TPSA) is 67.7 Å². The second-order valence-corrected chi connectivity index (χ2v) is 9.63. The molecule has 0 amide bonds. The van der Waals surface area contributed by atoms with E-state index in [1.165, 1.54) is 0 Å². The fraction of sp³-hybridized carbons (Fsp3) is 0.261. The molecule has 5 rings (SSSR count). The second-order valence-electron chi connectivity index (χ2n) is 8.01. The zero-order valence-corrected chi connectivity index (χ0v) is 20.5. The number of rotatable bonds is 6. The van der Waals surface area contributed by atoms with Crippen LogP contribution in [0.2, 0.25) is 20.1 Å². The maximum atomic E-state index is 6.53. The predicted molar refractivity (Wildman–Crippen MR) is 136 cm³/mol. The van der Waals surface area contributed by atoms with E-state index >= 15 is 0 Å². The van der Waals surface area contributed by atoms with Crippen molar-refractivity contribution in [2.45, 2.75) is 19.5 Å². The summed E-state index contributed by atoms with van der Waals surface area (Å²) in [7, 11) is 0. The lowest BCUT2D eigenvalue weighted by Crippen LogP contribution is -2.16. The minimum Gasteiger partial charge on any atom is -0.350 e. The number of hydrogen-bond donors (Lipinski definition) is 2. The van der Waals surface area contributed by atoms with Gasteiger partial charge in [-0.1, -0.05) is 58.5 Å². The first-order chi connectivity index (χ1) is 16.0. The van der Waals surface area contributed by atoms with E-state index in [0.717, 1.165) is 37.3 Å². The highest BCUT2D eigenvalue weighted by Gasteiger charge is 2.23. The normalized spacial score (nSPS) is 15.9. The van der Waals surface area contributed by atoms with Crippen molar-refractivity contribution in [1.82, 2.24) is 24.8 Å². The molecule has 2 aromatic heterocycles. The van der Waals surface area contributed by atoms with E-state index in [0.29, 0.717) is 55.4 Å². The van der Waals surface area contributed by atoms with Gasteiger partial charge in [0, 0.05) is 13.1 Å². The summed E-state index contributed by atoms with van der Waals surface area (Å²) >= 11 is 25.2. The molecule has 1 atom stereocenters. The van der Waals surface area contributed by atoms with Crippen molar-refractivity contribution in [1.29, 1.82) is 0 Å². The van der Waals surface area contributed by atoms with E-state index in [9.17, 15) is 0 Å². The Bertz CT molecular complexity index is 1300. The summed E-state index contributed by atoms with van der Waals surface area (Å²) < 4.78 is 2.10.